The second-order valence-electron chi connectivity index (χ2n) is 4.03. The molecular weight excluding hydrogens is 214 g/mol. The summed E-state index contributed by atoms with van der Waals surface area (Å²) in [5.74, 6) is -0.848. The van der Waals surface area contributed by atoms with Gasteiger partial charge in [0.15, 0.2) is 0 Å². The summed E-state index contributed by atoms with van der Waals surface area (Å²) in [7, 11) is 0. The Morgan fingerprint density at radius 1 is 1.24 bits per heavy atom. The number of carboxylic acid groups (broad SMARTS) is 1. The minimum Gasteiger partial charge on any atom is -0.478 e. The number of benzene rings is 1. The average molecular weight is 225 g/mol. The third-order valence-electron chi connectivity index (χ3n) is 3.02. The number of fused-ring (bicyclic) bond motifs is 3. The summed E-state index contributed by atoms with van der Waals surface area (Å²) in [6, 6.07) is 7.84. The van der Waals surface area contributed by atoms with Crippen molar-refractivity contribution in [3.63, 3.8) is 0 Å². The van der Waals surface area contributed by atoms with Gasteiger partial charge >= 0.3 is 5.97 Å². The Labute approximate surface area is 99.0 Å². The lowest BCUT2D eigenvalue weighted by Gasteiger charge is -2.29. The van der Waals surface area contributed by atoms with E-state index in [9.17, 15) is 9.90 Å². The van der Waals surface area contributed by atoms with Gasteiger partial charge in [-0.3, -0.25) is 0 Å². The van der Waals surface area contributed by atoms with Crippen LogP contribution in [0.25, 0.3) is 11.8 Å². The van der Waals surface area contributed by atoms with Crippen molar-refractivity contribution >= 4 is 17.7 Å². The van der Waals surface area contributed by atoms with Crippen molar-refractivity contribution in [1.29, 1.82) is 0 Å². The van der Waals surface area contributed by atoms with Crippen molar-refractivity contribution < 1.29 is 9.90 Å². The van der Waals surface area contributed by atoms with Crippen LogP contribution < -0.4 is 0 Å². The van der Waals surface area contributed by atoms with Crippen LogP contribution in [0.5, 0.6) is 0 Å². The summed E-state index contributed by atoms with van der Waals surface area (Å²) in [6.07, 6.45) is 8.15. The molecule has 1 N–H and O–H groups in total. The molecule has 3 nitrogen and oxygen atoms in total. The number of carbonyl (C=O) groups is 1. The smallest absolute Gasteiger partial charge is 0.334 e. The van der Waals surface area contributed by atoms with E-state index in [0.29, 0.717) is 12.0 Å². The molecule has 0 aromatic heterocycles. The van der Waals surface area contributed by atoms with Crippen molar-refractivity contribution in [2.75, 3.05) is 0 Å². The molecule has 3 heteroatoms. The van der Waals surface area contributed by atoms with Crippen LogP contribution in [0.3, 0.4) is 0 Å². The van der Waals surface area contributed by atoms with E-state index in [-0.39, 0.29) is 0 Å². The van der Waals surface area contributed by atoms with Crippen LogP contribution in [-0.2, 0) is 4.79 Å². The maximum absolute atomic E-state index is 11.3. The predicted molar refractivity (Wildman–Crippen MR) is 65.6 cm³/mol. The molecule has 17 heavy (non-hydrogen) atoms. The van der Waals surface area contributed by atoms with Crippen molar-refractivity contribution in [3.05, 3.63) is 59.4 Å². The zero-order chi connectivity index (χ0) is 11.8. The van der Waals surface area contributed by atoms with Crippen molar-refractivity contribution in [2.24, 2.45) is 0 Å². The van der Waals surface area contributed by atoms with Crippen molar-refractivity contribution in [1.82, 2.24) is 4.90 Å². The molecule has 0 atom stereocenters. The summed E-state index contributed by atoms with van der Waals surface area (Å²) in [6.45, 7) is 0. The van der Waals surface area contributed by atoms with E-state index in [0.717, 1.165) is 16.8 Å². The fraction of sp³-hybridized carbons (Fsp3) is 0.0714. The number of hydrogen-bond donors (Lipinski definition) is 1. The lowest BCUT2D eigenvalue weighted by Crippen LogP contribution is -2.20. The van der Waals surface area contributed by atoms with Gasteiger partial charge in [0.05, 0.1) is 11.3 Å². The van der Waals surface area contributed by atoms with Gasteiger partial charge < -0.3 is 10.0 Å². The number of carboxylic acids is 1. The van der Waals surface area contributed by atoms with Crippen LogP contribution in [0.4, 0.5) is 0 Å². The van der Waals surface area contributed by atoms with E-state index in [1.54, 1.807) is 0 Å². The van der Waals surface area contributed by atoms with Crippen LogP contribution in [0, 0.1) is 0 Å². The summed E-state index contributed by atoms with van der Waals surface area (Å²) in [5, 5.41) is 9.26. The van der Waals surface area contributed by atoms with Crippen molar-refractivity contribution in [3.8, 4) is 0 Å². The molecule has 0 bridgehead atoms. The number of hydrogen-bond acceptors (Lipinski definition) is 2. The second kappa shape index (κ2) is 3.63. The highest BCUT2D eigenvalue weighted by molar-refractivity contribution is 5.99. The highest BCUT2D eigenvalue weighted by Gasteiger charge is 2.24. The van der Waals surface area contributed by atoms with Crippen molar-refractivity contribution in [2.45, 2.75) is 6.42 Å². The predicted octanol–water partition coefficient (Wildman–Crippen LogP) is 2.69. The van der Waals surface area contributed by atoms with Crippen LogP contribution >= 0.6 is 0 Å². The molecule has 0 fully saturated rings. The number of rotatable bonds is 1. The van der Waals surface area contributed by atoms with Crippen LogP contribution in [-0.4, -0.2) is 16.0 Å². The summed E-state index contributed by atoms with van der Waals surface area (Å²) in [4.78, 5) is 13.1. The van der Waals surface area contributed by atoms with E-state index in [2.05, 4.69) is 0 Å². The minimum absolute atomic E-state index is 0.448. The first kappa shape index (κ1) is 9.90. The van der Waals surface area contributed by atoms with E-state index in [1.807, 2.05) is 53.7 Å². The largest absolute Gasteiger partial charge is 0.478 e. The third-order valence-corrected chi connectivity index (χ3v) is 3.02. The van der Waals surface area contributed by atoms with Crippen LogP contribution in [0.2, 0.25) is 0 Å². The molecule has 2 heterocycles. The quantitative estimate of drug-likeness (QED) is 0.798. The Kier molecular flexibility index (Phi) is 2.11. The fourth-order valence-electron chi connectivity index (χ4n) is 2.24. The fourth-order valence-corrected chi connectivity index (χ4v) is 2.24. The maximum atomic E-state index is 11.3. The van der Waals surface area contributed by atoms with E-state index >= 15 is 0 Å². The first-order chi connectivity index (χ1) is 8.27. The molecule has 1 aromatic carbocycles. The molecule has 0 spiro atoms. The normalized spacial score (nSPS) is 16.8. The van der Waals surface area contributed by atoms with Crippen LogP contribution in [0.1, 0.15) is 17.5 Å². The summed E-state index contributed by atoms with van der Waals surface area (Å²) < 4.78 is 0. The summed E-state index contributed by atoms with van der Waals surface area (Å²) in [5.41, 5.74) is 3.28. The SMILES string of the molecule is O=C(O)C1=C2c3ccccc3C=CN2C=CC1. The lowest BCUT2D eigenvalue weighted by molar-refractivity contribution is -0.132. The Morgan fingerprint density at radius 3 is 2.88 bits per heavy atom. The topological polar surface area (TPSA) is 40.5 Å². The molecule has 0 amide bonds. The highest BCUT2D eigenvalue weighted by atomic mass is 16.4. The number of nitrogens with zero attached hydrogens (tertiary/aromatic N) is 1. The molecule has 0 aliphatic carbocycles. The second-order valence-corrected chi connectivity index (χ2v) is 4.03. The van der Waals surface area contributed by atoms with Gasteiger partial charge in [0.2, 0.25) is 0 Å². The molecule has 3 rings (SSSR count). The molecule has 0 radical (unpaired) electrons. The van der Waals surface area contributed by atoms with E-state index < -0.39 is 5.97 Å². The maximum Gasteiger partial charge on any atom is 0.334 e. The molecule has 84 valence electrons. The molecular formula is C14H11NO2. The lowest BCUT2D eigenvalue weighted by atomic mass is 9.94. The van der Waals surface area contributed by atoms with Gasteiger partial charge in [-0.15, -0.1) is 0 Å². The number of aliphatic carboxylic acids is 1. The Balaban J connectivity index is 2.26. The van der Waals surface area contributed by atoms with Gasteiger partial charge in [-0.25, -0.2) is 4.79 Å². The van der Waals surface area contributed by atoms with Gasteiger partial charge in [0, 0.05) is 24.4 Å². The first-order valence-electron chi connectivity index (χ1n) is 5.46. The van der Waals surface area contributed by atoms with Gasteiger partial charge in [-0.1, -0.05) is 30.3 Å². The molecule has 0 unspecified atom stereocenters. The molecule has 2 aliphatic rings. The van der Waals surface area contributed by atoms with Gasteiger partial charge in [-0.05, 0) is 11.6 Å². The zero-order valence-corrected chi connectivity index (χ0v) is 9.13. The zero-order valence-electron chi connectivity index (χ0n) is 9.13. The standard InChI is InChI=1S/C14H11NO2/c16-14(17)12-6-3-8-15-9-7-10-4-1-2-5-11(10)13(12)15/h1-5,7-9H,6H2,(H,16,17). The molecule has 1 aromatic rings. The highest BCUT2D eigenvalue weighted by Crippen LogP contribution is 2.35. The first-order valence-corrected chi connectivity index (χ1v) is 5.46. The molecule has 0 saturated heterocycles. The van der Waals surface area contributed by atoms with E-state index in [1.165, 1.54) is 0 Å². The van der Waals surface area contributed by atoms with Gasteiger partial charge in [-0.2, -0.15) is 0 Å². The molecule has 2 aliphatic heterocycles. The Bertz CT molecular complexity index is 582. The summed E-state index contributed by atoms with van der Waals surface area (Å²) >= 11 is 0. The Hall–Kier alpha value is -2.29. The monoisotopic (exact) mass is 225 g/mol. The minimum atomic E-state index is -0.848. The van der Waals surface area contributed by atoms with E-state index in [4.69, 9.17) is 0 Å². The average Bonchev–Trinajstić information content (AvgIpc) is 2.37. The van der Waals surface area contributed by atoms with Gasteiger partial charge in [0.25, 0.3) is 0 Å². The van der Waals surface area contributed by atoms with Crippen LogP contribution in [0.15, 0.2) is 48.3 Å². The molecule has 0 saturated carbocycles. The number of allylic oxidation sites excluding steroid dienone is 1. The Morgan fingerprint density at radius 2 is 2.06 bits per heavy atom. The van der Waals surface area contributed by atoms with Gasteiger partial charge in [0.1, 0.15) is 0 Å². The third kappa shape index (κ3) is 1.47.